The van der Waals surface area contributed by atoms with Gasteiger partial charge >= 0.3 is 0 Å². The summed E-state index contributed by atoms with van der Waals surface area (Å²) in [5, 5.41) is 6.49. The van der Waals surface area contributed by atoms with Crippen molar-refractivity contribution >= 4 is 11.6 Å². The van der Waals surface area contributed by atoms with Crippen LogP contribution in [0.4, 0.5) is 0 Å². The first-order valence-electron chi connectivity index (χ1n) is 6.24. The molecular weight excluding hydrogens is 204 g/mol. The van der Waals surface area contributed by atoms with E-state index in [-0.39, 0.29) is 0 Å². The van der Waals surface area contributed by atoms with Gasteiger partial charge in [0.15, 0.2) is 0 Å². The van der Waals surface area contributed by atoms with Gasteiger partial charge in [-0.3, -0.25) is 9.59 Å². The molecule has 3 aliphatic rings. The van der Waals surface area contributed by atoms with Gasteiger partial charge in [-0.15, -0.1) is 0 Å². The molecule has 2 unspecified atom stereocenters. The predicted octanol–water partition coefficient (Wildman–Crippen LogP) is 0.409. The van der Waals surface area contributed by atoms with Gasteiger partial charge in [-0.25, -0.2) is 0 Å². The van der Waals surface area contributed by atoms with Crippen LogP contribution in [-0.2, 0) is 9.59 Å². The largest absolute Gasteiger partial charge is 0.316 e. The van der Waals surface area contributed by atoms with E-state index >= 15 is 0 Å². The lowest BCUT2D eigenvalue weighted by molar-refractivity contribution is -0.121. The molecule has 0 radical (unpaired) electrons. The van der Waals surface area contributed by atoms with Crippen LogP contribution in [0.2, 0.25) is 0 Å². The SMILES string of the molecule is O=C1CC2CCC(C1)N2.O=C1CCNCC1. The lowest BCUT2D eigenvalue weighted by Crippen LogP contribution is -2.38. The molecule has 3 saturated heterocycles. The Hall–Kier alpha value is -0.740. The van der Waals surface area contributed by atoms with Crippen LogP contribution in [0.15, 0.2) is 0 Å². The molecular formula is C12H20N2O2. The maximum atomic E-state index is 10.9. The van der Waals surface area contributed by atoms with Crippen LogP contribution in [0.3, 0.4) is 0 Å². The van der Waals surface area contributed by atoms with Crippen LogP contribution >= 0.6 is 0 Å². The predicted molar refractivity (Wildman–Crippen MR) is 61.3 cm³/mol. The number of piperidine rings is 2. The molecule has 90 valence electrons. The van der Waals surface area contributed by atoms with E-state index in [1.807, 2.05) is 0 Å². The Kier molecular flexibility index (Phi) is 4.07. The fraction of sp³-hybridized carbons (Fsp3) is 0.833. The summed E-state index contributed by atoms with van der Waals surface area (Å²) in [6.07, 6.45) is 5.49. The van der Waals surface area contributed by atoms with Crippen molar-refractivity contribution in [3.8, 4) is 0 Å². The van der Waals surface area contributed by atoms with Gasteiger partial charge < -0.3 is 10.6 Å². The highest BCUT2D eigenvalue weighted by Crippen LogP contribution is 2.23. The number of carbonyl (C=O) groups excluding carboxylic acids is 2. The van der Waals surface area contributed by atoms with E-state index in [4.69, 9.17) is 0 Å². The van der Waals surface area contributed by atoms with E-state index in [0.29, 0.717) is 23.7 Å². The number of Topliss-reactive ketones (excluding diaryl/α,β-unsaturated/α-hetero) is 2. The van der Waals surface area contributed by atoms with E-state index in [0.717, 1.165) is 38.8 Å². The number of nitrogens with one attached hydrogen (secondary N) is 2. The number of carbonyl (C=O) groups is 2. The van der Waals surface area contributed by atoms with Gasteiger partial charge in [0.25, 0.3) is 0 Å². The normalized spacial score (nSPS) is 33.2. The van der Waals surface area contributed by atoms with Gasteiger partial charge in [-0.1, -0.05) is 0 Å². The summed E-state index contributed by atoms with van der Waals surface area (Å²) in [6.45, 7) is 1.78. The zero-order chi connectivity index (χ0) is 11.4. The molecule has 0 aliphatic carbocycles. The minimum absolute atomic E-state index is 0.402. The summed E-state index contributed by atoms with van der Waals surface area (Å²) in [5.74, 6) is 0.861. The van der Waals surface area contributed by atoms with Crippen LogP contribution in [0.5, 0.6) is 0 Å². The first-order valence-corrected chi connectivity index (χ1v) is 6.24. The third kappa shape index (κ3) is 3.39. The van der Waals surface area contributed by atoms with Crippen LogP contribution in [0, 0.1) is 0 Å². The topological polar surface area (TPSA) is 58.2 Å². The maximum Gasteiger partial charge on any atom is 0.136 e. The van der Waals surface area contributed by atoms with Crippen molar-refractivity contribution in [2.24, 2.45) is 0 Å². The molecule has 3 heterocycles. The Bertz CT molecular complexity index is 256. The highest BCUT2D eigenvalue weighted by molar-refractivity contribution is 5.81. The van der Waals surface area contributed by atoms with Gasteiger partial charge in [0.05, 0.1) is 0 Å². The van der Waals surface area contributed by atoms with Crippen LogP contribution in [0.1, 0.15) is 38.5 Å². The number of rotatable bonds is 0. The highest BCUT2D eigenvalue weighted by Gasteiger charge is 2.31. The number of hydrogen-bond acceptors (Lipinski definition) is 4. The van der Waals surface area contributed by atoms with Gasteiger partial charge in [-0.05, 0) is 12.8 Å². The smallest absolute Gasteiger partial charge is 0.136 e. The molecule has 2 N–H and O–H groups in total. The summed E-state index contributed by atoms with van der Waals surface area (Å²) >= 11 is 0. The molecule has 3 aliphatic heterocycles. The Morgan fingerprint density at radius 2 is 1.44 bits per heavy atom. The summed E-state index contributed by atoms with van der Waals surface area (Å²) in [4.78, 5) is 21.3. The van der Waals surface area contributed by atoms with Crippen molar-refractivity contribution in [1.29, 1.82) is 0 Å². The van der Waals surface area contributed by atoms with Crippen molar-refractivity contribution in [1.82, 2.24) is 10.6 Å². The zero-order valence-electron chi connectivity index (χ0n) is 9.63. The van der Waals surface area contributed by atoms with Crippen LogP contribution < -0.4 is 10.6 Å². The lowest BCUT2D eigenvalue weighted by atomic mass is 10.1. The molecule has 0 aromatic rings. The Labute approximate surface area is 96.2 Å². The maximum absolute atomic E-state index is 10.9. The first-order chi connectivity index (χ1) is 7.74. The summed E-state index contributed by atoms with van der Waals surface area (Å²) in [5.41, 5.74) is 0. The second-order valence-electron chi connectivity index (χ2n) is 4.87. The number of ketones is 2. The number of fused-ring (bicyclic) bond motifs is 2. The molecule has 0 amide bonds. The Balaban J connectivity index is 0.000000125. The summed E-state index contributed by atoms with van der Waals surface area (Å²) in [6, 6.07) is 1.08. The third-order valence-corrected chi connectivity index (χ3v) is 3.44. The summed E-state index contributed by atoms with van der Waals surface area (Å²) in [7, 11) is 0. The van der Waals surface area contributed by atoms with Crippen LogP contribution in [-0.4, -0.2) is 36.7 Å². The molecule has 16 heavy (non-hydrogen) atoms. The Morgan fingerprint density at radius 3 is 1.88 bits per heavy atom. The van der Waals surface area contributed by atoms with Crippen LogP contribution in [0.25, 0.3) is 0 Å². The van der Waals surface area contributed by atoms with Gasteiger partial charge in [0.1, 0.15) is 11.6 Å². The van der Waals surface area contributed by atoms with Gasteiger partial charge in [-0.2, -0.15) is 0 Å². The first kappa shape index (κ1) is 11.7. The minimum Gasteiger partial charge on any atom is -0.316 e. The minimum atomic E-state index is 0.402. The molecule has 2 bridgehead atoms. The molecule has 2 atom stereocenters. The van der Waals surface area contributed by atoms with E-state index in [1.165, 1.54) is 12.8 Å². The fourth-order valence-electron chi connectivity index (χ4n) is 2.56. The Morgan fingerprint density at radius 1 is 0.875 bits per heavy atom. The quantitative estimate of drug-likeness (QED) is 0.625. The van der Waals surface area contributed by atoms with Gasteiger partial charge in [0.2, 0.25) is 0 Å². The lowest BCUT2D eigenvalue weighted by Gasteiger charge is -2.18. The molecule has 3 fully saturated rings. The second-order valence-corrected chi connectivity index (χ2v) is 4.87. The molecule has 4 nitrogen and oxygen atoms in total. The third-order valence-electron chi connectivity index (χ3n) is 3.44. The highest BCUT2D eigenvalue weighted by atomic mass is 16.1. The molecule has 4 heteroatoms. The molecule has 0 saturated carbocycles. The zero-order valence-corrected chi connectivity index (χ0v) is 9.63. The van der Waals surface area contributed by atoms with Crippen molar-refractivity contribution < 1.29 is 9.59 Å². The molecule has 0 aromatic heterocycles. The molecule has 0 aromatic carbocycles. The number of hydrogen-bond donors (Lipinski definition) is 2. The van der Waals surface area contributed by atoms with Crippen molar-refractivity contribution in [2.75, 3.05) is 13.1 Å². The van der Waals surface area contributed by atoms with Gasteiger partial charge in [0, 0.05) is 50.9 Å². The summed E-state index contributed by atoms with van der Waals surface area (Å²) < 4.78 is 0. The molecule has 0 spiro atoms. The standard InChI is InChI=1S/C7H11NO.C5H9NO/c9-7-3-5-1-2-6(4-7)8-5;7-5-1-3-6-4-2-5/h5-6,8H,1-4H2;6H,1-4H2. The van der Waals surface area contributed by atoms with E-state index in [1.54, 1.807) is 0 Å². The average molecular weight is 224 g/mol. The monoisotopic (exact) mass is 224 g/mol. The van der Waals surface area contributed by atoms with E-state index in [9.17, 15) is 9.59 Å². The second kappa shape index (κ2) is 5.55. The van der Waals surface area contributed by atoms with Crippen molar-refractivity contribution in [2.45, 2.75) is 50.6 Å². The van der Waals surface area contributed by atoms with Crippen molar-refractivity contribution in [3.63, 3.8) is 0 Å². The van der Waals surface area contributed by atoms with E-state index < -0.39 is 0 Å². The average Bonchev–Trinajstić information content (AvgIpc) is 2.60. The van der Waals surface area contributed by atoms with Crippen molar-refractivity contribution in [3.05, 3.63) is 0 Å². The molecule has 3 rings (SSSR count). The fourth-order valence-corrected chi connectivity index (χ4v) is 2.56. The van der Waals surface area contributed by atoms with E-state index in [2.05, 4.69) is 10.6 Å².